The monoisotopic (exact) mass is 420 g/mol. The fourth-order valence-electron chi connectivity index (χ4n) is 3.34. The van der Waals surface area contributed by atoms with Gasteiger partial charge in [-0.15, -0.1) is 0 Å². The SMILES string of the molecule is COc1ccc(CNC(=O)C2(C)CCN(S(=O)(=O)c3ccc(F)cc3)CC2)cc1. The molecule has 1 heterocycles. The Bertz CT molecular complexity index is 951. The molecule has 6 nitrogen and oxygen atoms in total. The van der Waals surface area contributed by atoms with Crippen LogP contribution in [0.3, 0.4) is 0 Å². The van der Waals surface area contributed by atoms with E-state index >= 15 is 0 Å². The lowest BCUT2D eigenvalue weighted by Crippen LogP contribution is -2.48. The van der Waals surface area contributed by atoms with E-state index in [-0.39, 0.29) is 23.9 Å². The maximum Gasteiger partial charge on any atom is 0.243 e. The number of nitrogens with one attached hydrogen (secondary N) is 1. The standard InChI is InChI=1S/C21H25FN2O4S/c1-21(20(25)23-15-16-3-7-18(28-2)8-4-16)11-13-24(14-12-21)29(26,27)19-9-5-17(22)6-10-19/h3-10H,11-15H2,1-2H3,(H,23,25). The first-order chi connectivity index (χ1) is 13.7. The van der Waals surface area contributed by atoms with Gasteiger partial charge in [0.05, 0.1) is 12.0 Å². The summed E-state index contributed by atoms with van der Waals surface area (Å²) in [6.07, 6.45) is 0.837. The van der Waals surface area contributed by atoms with Gasteiger partial charge in [-0.2, -0.15) is 4.31 Å². The van der Waals surface area contributed by atoms with E-state index in [0.717, 1.165) is 23.4 Å². The van der Waals surface area contributed by atoms with Crippen LogP contribution in [0.1, 0.15) is 25.3 Å². The Kier molecular flexibility index (Phi) is 6.24. The smallest absolute Gasteiger partial charge is 0.243 e. The summed E-state index contributed by atoms with van der Waals surface area (Å²) in [5.41, 5.74) is 0.320. The largest absolute Gasteiger partial charge is 0.497 e. The number of methoxy groups -OCH3 is 1. The Morgan fingerprint density at radius 3 is 2.24 bits per heavy atom. The normalized spacial score (nSPS) is 16.9. The molecule has 0 radical (unpaired) electrons. The first kappa shape index (κ1) is 21.3. The lowest BCUT2D eigenvalue weighted by molar-refractivity contribution is -0.132. The Balaban J connectivity index is 1.58. The number of hydrogen-bond donors (Lipinski definition) is 1. The van der Waals surface area contributed by atoms with Crippen LogP contribution in [0.15, 0.2) is 53.4 Å². The van der Waals surface area contributed by atoms with Crippen molar-refractivity contribution in [3.63, 3.8) is 0 Å². The quantitative estimate of drug-likeness (QED) is 0.780. The molecule has 0 unspecified atom stereocenters. The molecule has 0 spiro atoms. The first-order valence-electron chi connectivity index (χ1n) is 9.41. The molecule has 1 fully saturated rings. The van der Waals surface area contributed by atoms with E-state index in [1.165, 1.54) is 16.4 Å². The molecule has 0 aliphatic carbocycles. The fraction of sp³-hybridized carbons (Fsp3) is 0.381. The van der Waals surface area contributed by atoms with Gasteiger partial charge in [0.15, 0.2) is 0 Å². The minimum Gasteiger partial charge on any atom is -0.497 e. The second-order valence-corrected chi connectivity index (χ2v) is 9.39. The highest BCUT2D eigenvalue weighted by atomic mass is 32.2. The Hall–Kier alpha value is -2.45. The minimum absolute atomic E-state index is 0.0615. The van der Waals surface area contributed by atoms with Crippen LogP contribution < -0.4 is 10.1 Å². The predicted octanol–water partition coefficient (Wildman–Crippen LogP) is 2.94. The summed E-state index contributed by atoms with van der Waals surface area (Å²) >= 11 is 0. The van der Waals surface area contributed by atoms with E-state index in [1.807, 2.05) is 31.2 Å². The molecule has 1 saturated heterocycles. The molecular formula is C21H25FN2O4S. The third-order valence-corrected chi connectivity index (χ3v) is 7.35. The van der Waals surface area contributed by atoms with E-state index in [1.54, 1.807) is 7.11 Å². The van der Waals surface area contributed by atoms with Gasteiger partial charge in [0, 0.05) is 25.0 Å². The summed E-state index contributed by atoms with van der Waals surface area (Å²) in [5.74, 6) is 0.178. The molecule has 2 aromatic rings. The second kappa shape index (κ2) is 8.51. The van der Waals surface area contributed by atoms with Crippen molar-refractivity contribution in [2.75, 3.05) is 20.2 Å². The van der Waals surface area contributed by atoms with Gasteiger partial charge in [-0.25, -0.2) is 12.8 Å². The molecule has 0 saturated carbocycles. The number of hydrogen-bond acceptors (Lipinski definition) is 4. The molecule has 1 aliphatic rings. The van der Waals surface area contributed by atoms with Crippen molar-refractivity contribution in [3.05, 3.63) is 59.9 Å². The molecule has 1 amide bonds. The summed E-state index contributed by atoms with van der Waals surface area (Å²) in [6, 6.07) is 12.2. The predicted molar refractivity (Wildman–Crippen MR) is 107 cm³/mol. The number of sulfonamides is 1. The molecule has 29 heavy (non-hydrogen) atoms. The number of halogens is 1. The molecule has 1 N–H and O–H groups in total. The first-order valence-corrected chi connectivity index (χ1v) is 10.9. The van der Waals surface area contributed by atoms with Gasteiger partial charge in [0.1, 0.15) is 11.6 Å². The summed E-state index contributed by atoms with van der Waals surface area (Å²) in [5, 5.41) is 2.95. The van der Waals surface area contributed by atoms with Gasteiger partial charge in [-0.05, 0) is 54.8 Å². The third-order valence-electron chi connectivity index (χ3n) is 5.44. The van der Waals surface area contributed by atoms with Crippen LogP contribution in [0.5, 0.6) is 5.75 Å². The summed E-state index contributed by atoms with van der Waals surface area (Å²) in [6.45, 7) is 2.74. The molecule has 0 atom stereocenters. The third kappa shape index (κ3) is 4.76. The molecule has 3 rings (SSSR count). The lowest BCUT2D eigenvalue weighted by atomic mass is 9.80. The van der Waals surface area contributed by atoms with E-state index in [0.29, 0.717) is 19.4 Å². The fourth-order valence-corrected chi connectivity index (χ4v) is 4.78. The maximum absolute atomic E-state index is 13.1. The number of carbonyl (C=O) groups excluding carboxylic acids is 1. The highest BCUT2D eigenvalue weighted by molar-refractivity contribution is 7.89. The van der Waals surface area contributed by atoms with Gasteiger partial charge in [-0.3, -0.25) is 4.79 Å². The van der Waals surface area contributed by atoms with E-state index < -0.39 is 21.3 Å². The molecular weight excluding hydrogens is 395 g/mol. The van der Waals surface area contributed by atoms with Crippen LogP contribution in [-0.4, -0.2) is 38.8 Å². The molecule has 0 aromatic heterocycles. The highest BCUT2D eigenvalue weighted by Gasteiger charge is 2.40. The van der Waals surface area contributed by atoms with Crippen LogP contribution in [0.25, 0.3) is 0 Å². The molecule has 2 aromatic carbocycles. The van der Waals surface area contributed by atoms with Gasteiger partial charge in [-0.1, -0.05) is 19.1 Å². The highest BCUT2D eigenvalue weighted by Crippen LogP contribution is 2.33. The maximum atomic E-state index is 13.1. The molecule has 1 aliphatic heterocycles. The number of rotatable bonds is 6. The zero-order chi connectivity index (χ0) is 21.1. The summed E-state index contributed by atoms with van der Waals surface area (Å²) < 4.78 is 45.0. The van der Waals surface area contributed by atoms with Crippen molar-refractivity contribution in [2.45, 2.75) is 31.2 Å². The number of amides is 1. The molecule has 0 bridgehead atoms. The number of nitrogens with zero attached hydrogens (tertiary/aromatic N) is 1. The topological polar surface area (TPSA) is 75.7 Å². The number of benzene rings is 2. The average molecular weight is 421 g/mol. The van der Waals surface area contributed by atoms with E-state index in [4.69, 9.17) is 4.74 Å². The van der Waals surface area contributed by atoms with Crippen LogP contribution in [0, 0.1) is 11.2 Å². The lowest BCUT2D eigenvalue weighted by Gasteiger charge is -2.37. The average Bonchev–Trinajstić information content (AvgIpc) is 2.73. The van der Waals surface area contributed by atoms with Crippen LogP contribution in [-0.2, 0) is 21.4 Å². The van der Waals surface area contributed by atoms with E-state index in [9.17, 15) is 17.6 Å². The van der Waals surface area contributed by atoms with Crippen molar-refractivity contribution in [1.82, 2.24) is 9.62 Å². The van der Waals surface area contributed by atoms with Crippen molar-refractivity contribution in [3.8, 4) is 5.75 Å². The Labute approximate surface area is 170 Å². The zero-order valence-electron chi connectivity index (χ0n) is 16.5. The van der Waals surface area contributed by atoms with Crippen molar-refractivity contribution < 1.29 is 22.3 Å². The number of carbonyl (C=O) groups is 1. The van der Waals surface area contributed by atoms with E-state index in [2.05, 4.69) is 5.32 Å². The summed E-state index contributed by atoms with van der Waals surface area (Å²) in [4.78, 5) is 12.8. The van der Waals surface area contributed by atoms with Gasteiger partial charge >= 0.3 is 0 Å². The van der Waals surface area contributed by atoms with Crippen LogP contribution in [0.4, 0.5) is 4.39 Å². The van der Waals surface area contributed by atoms with Gasteiger partial charge < -0.3 is 10.1 Å². The molecule has 156 valence electrons. The summed E-state index contributed by atoms with van der Waals surface area (Å²) in [7, 11) is -2.10. The van der Waals surface area contributed by atoms with Crippen molar-refractivity contribution in [1.29, 1.82) is 0 Å². The van der Waals surface area contributed by atoms with Crippen LogP contribution in [0.2, 0.25) is 0 Å². The van der Waals surface area contributed by atoms with Gasteiger partial charge in [0.25, 0.3) is 0 Å². The van der Waals surface area contributed by atoms with Crippen LogP contribution >= 0.6 is 0 Å². The van der Waals surface area contributed by atoms with Crippen molar-refractivity contribution >= 4 is 15.9 Å². The Morgan fingerprint density at radius 1 is 1.10 bits per heavy atom. The second-order valence-electron chi connectivity index (χ2n) is 7.45. The Morgan fingerprint density at radius 2 is 1.69 bits per heavy atom. The number of ether oxygens (including phenoxy) is 1. The minimum atomic E-state index is -3.69. The number of piperidine rings is 1. The van der Waals surface area contributed by atoms with Crippen molar-refractivity contribution in [2.24, 2.45) is 5.41 Å². The molecule has 8 heteroatoms. The van der Waals surface area contributed by atoms with Gasteiger partial charge in [0.2, 0.25) is 15.9 Å². The zero-order valence-corrected chi connectivity index (χ0v) is 17.3.